The van der Waals surface area contributed by atoms with Gasteiger partial charge in [0.15, 0.2) is 0 Å². The van der Waals surface area contributed by atoms with Crippen LogP contribution in [0.15, 0.2) is 65.5 Å². The second kappa shape index (κ2) is 6.90. The monoisotopic (exact) mass is 387 g/mol. The third-order valence-corrected chi connectivity index (χ3v) is 5.68. The quantitative estimate of drug-likeness (QED) is 0.751. The van der Waals surface area contributed by atoms with Crippen molar-refractivity contribution in [1.29, 1.82) is 0 Å². The van der Waals surface area contributed by atoms with Crippen molar-refractivity contribution in [3.63, 3.8) is 0 Å². The minimum absolute atomic E-state index is 0.0696. The maximum Gasteiger partial charge on any atom is 0.277 e. The van der Waals surface area contributed by atoms with E-state index in [1.165, 1.54) is 4.68 Å². The normalized spacial score (nSPS) is 15.1. The Kier molecular flexibility index (Phi) is 4.21. The van der Waals surface area contributed by atoms with Crippen LogP contribution in [0.4, 0.5) is 0 Å². The number of hydrogen-bond acceptors (Lipinski definition) is 4. The lowest BCUT2D eigenvalue weighted by atomic mass is 9.94. The van der Waals surface area contributed by atoms with E-state index in [4.69, 9.17) is 4.74 Å². The van der Waals surface area contributed by atoms with Crippen molar-refractivity contribution < 1.29 is 9.53 Å². The average Bonchev–Trinajstić information content (AvgIpc) is 2.73. The van der Waals surface area contributed by atoms with E-state index in [1.807, 2.05) is 54.6 Å². The lowest BCUT2D eigenvalue weighted by molar-refractivity contribution is -0.0191. The van der Waals surface area contributed by atoms with Crippen LogP contribution in [0, 0.1) is 0 Å². The van der Waals surface area contributed by atoms with Gasteiger partial charge >= 0.3 is 0 Å². The molecule has 0 radical (unpaired) electrons. The molecule has 0 saturated carbocycles. The van der Waals surface area contributed by atoms with Crippen LogP contribution < -0.4 is 11.0 Å². The number of fused-ring (bicyclic) bond motifs is 3. The molecule has 3 aromatic rings. The average molecular weight is 387 g/mol. The van der Waals surface area contributed by atoms with Crippen LogP contribution in [0.2, 0.25) is 0 Å². The standard InChI is InChI=1S/C23H21N3O3/c1-29-17-13-25(14-17)22(27)20-11-19(15-7-3-2-4-8-15)23(28)26-21(20)18-10-6-5-9-16(18)12-24-26/h2-11,17,24H,12-14H2,1H3. The highest BCUT2D eigenvalue weighted by Gasteiger charge is 2.34. The molecule has 2 aliphatic rings. The van der Waals surface area contributed by atoms with E-state index in [0.29, 0.717) is 36.5 Å². The Labute approximate surface area is 168 Å². The molecule has 1 N–H and O–H groups in total. The van der Waals surface area contributed by atoms with Gasteiger partial charge in [-0.3, -0.25) is 9.59 Å². The molecule has 5 rings (SSSR count). The molecule has 2 aromatic carbocycles. The summed E-state index contributed by atoms with van der Waals surface area (Å²) in [5.74, 6) is -0.0854. The molecule has 0 bridgehead atoms. The number of rotatable bonds is 3. The number of pyridine rings is 1. The Bertz CT molecular complexity index is 1150. The summed E-state index contributed by atoms with van der Waals surface area (Å²) < 4.78 is 6.86. The van der Waals surface area contributed by atoms with Crippen LogP contribution in [-0.2, 0) is 11.3 Å². The molecule has 6 nitrogen and oxygen atoms in total. The molecule has 6 heteroatoms. The summed E-state index contributed by atoms with van der Waals surface area (Å²) in [4.78, 5) is 28.5. The molecule has 146 valence electrons. The second-order valence-corrected chi connectivity index (χ2v) is 7.39. The number of aromatic nitrogens is 1. The van der Waals surface area contributed by atoms with Crippen LogP contribution in [0.5, 0.6) is 0 Å². The SMILES string of the molecule is COC1CN(C(=O)c2cc(-c3ccccc3)c(=O)n3c2-c2ccccc2CN3)C1. The van der Waals surface area contributed by atoms with E-state index < -0.39 is 0 Å². The van der Waals surface area contributed by atoms with E-state index in [2.05, 4.69) is 5.43 Å². The minimum Gasteiger partial charge on any atom is -0.378 e. The van der Waals surface area contributed by atoms with Gasteiger partial charge in [0.25, 0.3) is 11.5 Å². The molecule has 0 unspecified atom stereocenters. The number of amides is 1. The number of carbonyl (C=O) groups is 1. The first-order valence-corrected chi connectivity index (χ1v) is 9.67. The largest absolute Gasteiger partial charge is 0.378 e. The van der Waals surface area contributed by atoms with Crippen molar-refractivity contribution in [2.24, 2.45) is 0 Å². The van der Waals surface area contributed by atoms with Crippen molar-refractivity contribution in [1.82, 2.24) is 9.58 Å². The Morgan fingerprint density at radius 3 is 2.52 bits per heavy atom. The van der Waals surface area contributed by atoms with Crippen LogP contribution >= 0.6 is 0 Å². The fraction of sp³-hybridized carbons (Fsp3) is 0.217. The second-order valence-electron chi connectivity index (χ2n) is 7.39. The Hall–Kier alpha value is -3.38. The highest BCUT2D eigenvalue weighted by atomic mass is 16.5. The van der Waals surface area contributed by atoms with Crippen LogP contribution in [0.3, 0.4) is 0 Å². The summed E-state index contributed by atoms with van der Waals surface area (Å²) in [6, 6.07) is 19.1. The first kappa shape index (κ1) is 17.7. The van der Waals surface area contributed by atoms with Crippen molar-refractivity contribution in [2.45, 2.75) is 12.6 Å². The highest BCUT2D eigenvalue weighted by molar-refractivity contribution is 6.02. The Balaban J connectivity index is 1.72. The topological polar surface area (TPSA) is 63.6 Å². The van der Waals surface area contributed by atoms with E-state index in [1.54, 1.807) is 18.1 Å². The number of nitrogens with one attached hydrogen (secondary N) is 1. The molecule has 2 aliphatic heterocycles. The maximum atomic E-state index is 13.4. The van der Waals surface area contributed by atoms with E-state index in [9.17, 15) is 9.59 Å². The molecule has 0 spiro atoms. The highest BCUT2D eigenvalue weighted by Crippen LogP contribution is 2.33. The van der Waals surface area contributed by atoms with Gasteiger partial charge in [0.05, 0.1) is 23.9 Å². The number of likely N-dealkylation sites (tertiary alicyclic amines) is 1. The number of carbonyl (C=O) groups excluding carboxylic acids is 1. The van der Waals surface area contributed by atoms with Gasteiger partial charge in [-0.2, -0.15) is 0 Å². The molecule has 1 amide bonds. The summed E-state index contributed by atoms with van der Waals surface area (Å²) in [5, 5.41) is 0. The van der Waals surface area contributed by atoms with Crippen molar-refractivity contribution in [2.75, 3.05) is 25.6 Å². The van der Waals surface area contributed by atoms with Gasteiger partial charge in [0.2, 0.25) is 0 Å². The van der Waals surface area contributed by atoms with E-state index in [-0.39, 0.29) is 17.6 Å². The molecule has 1 saturated heterocycles. The molecular formula is C23H21N3O3. The molecule has 0 aliphatic carbocycles. The van der Waals surface area contributed by atoms with Crippen LogP contribution in [0.1, 0.15) is 15.9 Å². The number of nitrogens with zero attached hydrogens (tertiary/aromatic N) is 2. The smallest absolute Gasteiger partial charge is 0.277 e. The summed E-state index contributed by atoms with van der Waals surface area (Å²) in [6.45, 7) is 1.65. The fourth-order valence-electron chi connectivity index (χ4n) is 4.01. The lowest BCUT2D eigenvalue weighted by Gasteiger charge is -2.39. The van der Waals surface area contributed by atoms with Gasteiger partial charge in [-0.1, -0.05) is 54.6 Å². The maximum absolute atomic E-state index is 13.4. The van der Waals surface area contributed by atoms with Gasteiger partial charge in [-0.15, -0.1) is 0 Å². The van der Waals surface area contributed by atoms with Gasteiger partial charge in [0.1, 0.15) is 0 Å². The van der Waals surface area contributed by atoms with Gasteiger partial charge in [-0.25, -0.2) is 4.68 Å². The van der Waals surface area contributed by atoms with Gasteiger partial charge < -0.3 is 15.1 Å². The lowest BCUT2D eigenvalue weighted by Crippen LogP contribution is -2.54. The Morgan fingerprint density at radius 2 is 1.76 bits per heavy atom. The Morgan fingerprint density at radius 1 is 1.03 bits per heavy atom. The minimum atomic E-state index is -0.157. The summed E-state index contributed by atoms with van der Waals surface area (Å²) in [6.07, 6.45) is 0.0696. The zero-order valence-corrected chi connectivity index (χ0v) is 16.1. The first-order valence-electron chi connectivity index (χ1n) is 9.67. The van der Waals surface area contributed by atoms with Crippen molar-refractivity contribution in [3.05, 3.63) is 82.1 Å². The molecule has 1 fully saturated rings. The molecular weight excluding hydrogens is 366 g/mol. The summed E-state index contributed by atoms with van der Waals surface area (Å²) in [5.41, 5.74) is 7.47. The fourth-order valence-corrected chi connectivity index (χ4v) is 4.01. The van der Waals surface area contributed by atoms with Gasteiger partial charge in [-0.05, 0) is 17.2 Å². The predicted molar refractivity (Wildman–Crippen MR) is 111 cm³/mol. The molecule has 1 aromatic heterocycles. The zero-order valence-electron chi connectivity index (χ0n) is 16.1. The van der Waals surface area contributed by atoms with Crippen LogP contribution in [0.25, 0.3) is 22.4 Å². The number of methoxy groups -OCH3 is 1. The molecule has 29 heavy (non-hydrogen) atoms. The number of ether oxygens (including phenoxy) is 1. The molecule has 3 heterocycles. The predicted octanol–water partition coefficient (Wildman–Crippen LogP) is 2.71. The van der Waals surface area contributed by atoms with E-state index >= 15 is 0 Å². The molecule has 0 atom stereocenters. The van der Waals surface area contributed by atoms with Gasteiger partial charge in [0, 0.05) is 31.3 Å². The summed E-state index contributed by atoms with van der Waals surface area (Å²) in [7, 11) is 1.66. The van der Waals surface area contributed by atoms with Crippen molar-refractivity contribution in [3.8, 4) is 22.4 Å². The number of hydrogen-bond donors (Lipinski definition) is 1. The van der Waals surface area contributed by atoms with Crippen LogP contribution in [-0.4, -0.2) is 41.8 Å². The zero-order chi connectivity index (χ0) is 20.0. The number of benzene rings is 2. The van der Waals surface area contributed by atoms with E-state index in [0.717, 1.165) is 16.7 Å². The third kappa shape index (κ3) is 2.84. The first-order chi connectivity index (χ1) is 14.2. The summed E-state index contributed by atoms with van der Waals surface area (Å²) >= 11 is 0. The third-order valence-electron chi connectivity index (χ3n) is 5.68. The van der Waals surface area contributed by atoms with Crippen molar-refractivity contribution >= 4 is 5.91 Å².